The smallest absolute Gasteiger partial charge is 0.0635 e. The second-order valence-corrected chi connectivity index (χ2v) is 4.01. The van der Waals surface area contributed by atoms with Gasteiger partial charge < -0.3 is 9.64 Å². The van der Waals surface area contributed by atoms with Crippen LogP contribution in [0, 0.1) is 17.2 Å². The lowest BCUT2D eigenvalue weighted by atomic mass is 10.1. The Bertz CT molecular complexity index is 163. The molecule has 14 heavy (non-hydrogen) atoms. The minimum Gasteiger partial charge on any atom is -0.380 e. The average Bonchev–Trinajstić information content (AvgIpc) is 2.13. The van der Waals surface area contributed by atoms with Crippen LogP contribution in [0.25, 0.3) is 0 Å². The number of likely N-dealkylation sites (N-methyl/N-ethyl adjacent to an activating group) is 1. The predicted octanol–water partition coefficient (Wildman–Crippen LogP) is 1.89. The van der Waals surface area contributed by atoms with Gasteiger partial charge in [-0.15, -0.1) is 0 Å². The quantitative estimate of drug-likeness (QED) is 0.559. The van der Waals surface area contributed by atoms with Gasteiger partial charge in [0, 0.05) is 26.1 Å². The minimum absolute atomic E-state index is 0.600. The van der Waals surface area contributed by atoms with Crippen LogP contribution in [0.1, 0.15) is 26.7 Å². The van der Waals surface area contributed by atoms with Gasteiger partial charge in [-0.05, 0) is 19.4 Å². The van der Waals surface area contributed by atoms with Gasteiger partial charge in [0.2, 0.25) is 0 Å². The fourth-order valence-electron chi connectivity index (χ4n) is 0.994. The second-order valence-electron chi connectivity index (χ2n) is 4.01. The number of nitriles is 1. The summed E-state index contributed by atoms with van der Waals surface area (Å²) >= 11 is 0. The van der Waals surface area contributed by atoms with E-state index in [4.69, 9.17) is 10.00 Å². The van der Waals surface area contributed by atoms with Crippen LogP contribution < -0.4 is 0 Å². The summed E-state index contributed by atoms with van der Waals surface area (Å²) in [4.78, 5) is 2.12. The van der Waals surface area contributed by atoms with E-state index >= 15 is 0 Å². The fourth-order valence-corrected chi connectivity index (χ4v) is 0.994. The lowest BCUT2D eigenvalue weighted by Crippen LogP contribution is -2.24. The van der Waals surface area contributed by atoms with Crippen LogP contribution in [0.5, 0.6) is 0 Å². The van der Waals surface area contributed by atoms with Crippen LogP contribution in [-0.2, 0) is 4.74 Å². The number of ether oxygens (including phenoxy) is 1. The molecule has 0 heterocycles. The van der Waals surface area contributed by atoms with Gasteiger partial charge in [0.15, 0.2) is 0 Å². The molecule has 0 saturated heterocycles. The summed E-state index contributed by atoms with van der Waals surface area (Å²) in [5, 5.41) is 8.38. The maximum Gasteiger partial charge on any atom is 0.0635 e. The van der Waals surface area contributed by atoms with Gasteiger partial charge in [-0.25, -0.2) is 0 Å². The van der Waals surface area contributed by atoms with E-state index in [0.29, 0.717) is 12.3 Å². The highest BCUT2D eigenvalue weighted by atomic mass is 16.5. The van der Waals surface area contributed by atoms with E-state index in [-0.39, 0.29) is 0 Å². The number of rotatable bonds is 8. The molecule has 0 aromatic rings. The normalized spacial score (nSPS) is 10.9. The first kappa shape index (κ1) is 13.4. The molecular weight excluding hydrogens is 176 g/mol. The van der Waals surface area contributed by atoms with Crippen LogP contribution in [0.15, 0.2) is 0 Å². The molecule has 0 aliphatic heterocycles. The standard InChI is InChI=1S/C11H22N2O/c1-11(2)5-9-14-10-8-13(3)7-4-6-12/h11H,4-5,7-10H2,1-3H3. The lowest BCUT2D eigenvalue weighted by molar-refractivity contribution is 0.104. The zero-order valence-electron chi connectivity index (χ0n) is 9.62. The summed E-state index contributed by atoms with van der Waals surface area (Å²) in [6.45, 7) is 7.77. The van der Waals surface area contributed by atoms with Gasteiger partial charge in [-0.2, -0.15) is 5.26 Å². The highest BCUT2D eigenvalue weighted by Crippen LogP contribution is 1.98. The lowest BCUT2D eigenvalue weighted by Gasteiger charge is -2.14. The van der Waals surface area contributed by atoms with E-state index in [2.05, 4.69) is 24.8 Å². The third kappa shape index (κ3) is 9.50. The van der Waals surface area contributed by atoms with Gasteiger partial charge in [0.1, 0.15) is 0 Å². The molecule has 82 valence electrons. The molecule has 0 saturated carbocycles. The second kappa shape index (κ2) is 8.98. The maximum atomic E-state index is 8.38. The molecule has 0 bridgehead atoms. The van der Waals surface area contributed by atoms with Crippen LogP contribution >= 0.6 is 0 Å². The molecular formula is C11H22N2O. The number of nitrogens with zero attached hydrogens (tertiary/aromatic N) is 2. The van der Waals surface area contributed by atoms with E-state index in [1.807, 2.05) is 7.05 Å². The molecule has 0 radical (unpaired) electrons. The molecule has 0 aliphatic carbocycles. The summed E-state index contributed by atoms with van der Waals surface area (Å²) in [6, 6.07) is 2.13. The zero-order chi connectivity index (χ0) is 10.8. The minimum atomic E-state index is 0.600. The Morgan fingerprint density at radius 2 is 2.00 bits per heavy atom. The molecule has 0 amide bonds. The zero-order valence-corrected chi connectivity index (χ0v) is 9.62. The average molecular weight is 198 g/mol. The van der Waals surface area contributed by atoms with Crippen molar-refractivity contribution in [3.8, 4) is 6.07 Å². The monoisotopic (exact) mass is 198 g/mol. The van der Waals surface area contributed by atoms with E-state index in [1.165, 1.54) is 0 Å². The SMILES string of the molecule is CC(C)CCOCCN(C)CCC#N. The Morgan fingerprint density at radius 1 is 1.29 bits per heavy atom. The summed E-state index contributed by atoms with van der Waals surface area (Å²) < 4.78 is 5.47. The van der Waals surface area contributed by atoms with Gasteiger partial charge in [-0.3, -0.25) is 0 Å². The summed E-state index contributed by atoms with van der Waals surface area (Å²) in [5.74, 6) is 0.714. The van der Waals surface area contributed by atoms with Gasteiger partial charge in [0.05, 0.1) is 12.7 Å². The van der Waals surface area contributed by atoms with Crippen molar-refractivity contribution in [3.05, 3.63) is 0 Å². The predicted molar refractivity (Wildman–Crippen MR) is 58.0 cm³/mol. The molecule has 3 nitrogen and oxygen atoms in total. The van der Waals surface area contributed by atoms with Gasteiger partial charge in [-0.1, -0.05) is 13.8 Å². The molecule has 0 aromatic heterocycles. The first-order valence-corrected chi connectivity index (χ1v) is 5.30. The summed E-state index contributed by atoms with van der Waals surface area (Å²) in [6.07, 6.45) is 1.73. The Hall–Kier alpha value is -0.590. The van der Waals surface area contributed by atoms with E-state index in [9.17, 15) is 0 Å². The Balaban J connectivity index is 3.15. The molecule has 0 N–H and O–H groups in total. The Morgan fingerprint density at radius 3 is 2.57 bits per heavy atom. The fraction of sp³-hybridized carbons (Fsp3) is 0.909. The number of hydrogen-bond acceptors (Lipinski definition) is 3. The summed E-state index contributed by atoms with van der Waals surface area (Å²) in [7, 11) is 2.02. The maximum absolute atomic E-state index is 8.38. The first-order valence-electron chi connectivity index (χ1n) is 5.30. The molecule has 0 unspecified atom stereocenters. The van der Waals surface area contributed by atoms with Crippen LogP contribution in [0.4, 0.5) is 0 Å². The largest absolute Gasteiger partial charge is 0.380 e. The first-order chi connectivity index (χ1) is 6.66. The van der Waals surface area contributed by atoms with Crippen molar-refractivity contribution in [2.24, 2.45) is 5.92 Å². The van der Waals surface area contributed by atoms with Crippen LogP contribution in [0.2, 0.25) is 0 Å². The summed E-state index contributed by atoms with van der Waals surface area (Å²) in [5.41, 5.74) is 0. The highest BCUT2D eigenvalue weighted by molar-refractivity contribution is 4.70. The highest BCUT2D eigenvalue weighted by Gasteiger charge is 1.98. The molecule has 0 fully saturated rings. The Kier molecular flexibility index (Phi) is 8.61. The molecule has 0 aromatic carbocycles. The van der Waals surface area contributed by atoms with Crippen molar-refractivity contribution < 1.29 is 4.74 Å². The molecule has 0 spiro atoms. The third-order valence-electron chi connectivity index (χ3n) is 2.06. The van der Waals surface area contributed by atoms with Crippen LogP contribution in [0.3, 0.4) is 0 Å². The van der Waals surface area contributed by atoms with Crippen LogP contribution in [-0.4, -0.2) is 38.3 Å². The van der Waals surface area contributed by atoms with Gasteiger partial charge in [0.25, 0.3) is 0 Å². The Labute approximate surface area is 87.7 Å². The molecule has 3 heteroatoms. The number of hydrogen-bond donors (Lipinski definition) is 0. The topological polar surface area (TPSA) is 36.3 Å². The van der Waals surface area contributed by atoms with Crippen molar-refractivity contribution in [1.82, 2.24) is 4.90 Å². The van der Waals surface area contributed by atoms with Crippen molar-refractivity contribution in [1.29, 1.82) is 5.26 Å². The van der Waals surface area contributed by atoms with Crippen molar-refractivity contribution in [2.45, 2.75) is 26.7 Å². The van der Waals surface area contributed by atoms with E-state index in [1.54, 1.807) is 0 Å². The molecule has 0 rings (SSSR count). The molecule has 0 atom stereocenters. The van der Waals surface area contributed by atoms with Crippen molar-refractivity contribution in [3.63, 3.8) is 0 Å². The van der Waals surface area contributed by atoms with E-state index < -0.39 is 0 Å². The molecule has 0 aliphatic rings. The van der Waals surface area contributed by atoms with Crippen molar-refractivity contribution in [2.75, 3.05) is 33.4 Å². The van der Waals surface area contributed by atoms with Crippen molar-refractivity contribution >= 4 is 0 Å². The van der Waals surface area contributed by atoms with Gasteiger partial charge >= 0.3 is 0 Å². The third-order valence-corrected chi connectivity index (χ3v) is 2.06. The van der Waals surface area contributed by atoms with E-state index in [0.717, 1.165) is 32.7 Å².